The fourth-order valence-electron chi connectivity index (χ4n) is 3.55. The number of benzene rings is 2. The molecule has 0 spiro atoms. The highest BCUT2D eigenvalue weighted by atomic mass is 16.2. The SMILES string of the molecule is Cc1cccc(CNC(=O)C[C@H]2Cn3c(cc4ccccc43)C(=O)N2)c1. The van der Waals surface area contributed by atoms with Crippen LogP contribution in [0.1, 0.15) is 28.0 Å². The molecule has 0 fully saturated rings. The molecular weight excluding hydrogens is 326 g/mol. The van der Waals surface area contributed by atoms with Gasteiger partial charge in [-0.3, -0.25) is 9.59 Å². The molecule has 26 heavy (non-hydrogen) atoms. The second kappa shape index (κ2) is 6.67. The number of hydrogen-bond donors (Lipinski definition) is 2. The number of para-hydroxylation sites is 1. The minimum atomic E-state index is -0.205. The number of aryl methyl sites for hydroxylation is 1. The van der Waals surface area contributed by atoms with Gasteiger partial charge in [0, 0.05) is 30.4 Å². The summed E-state index contributed by atoms with van der Waals surface area (Å²) in [7, 11) is 0. The third-order valence-corrected chi connectivity index (χ3v) is 4.79. The van der Waals surface area contributed by atoms with Gasteiger partial charge in [0.1, 0.15) is 5.69 Å². The normalized spacial score (nSPS) is 16.2. The van der Waals surface area contributed by atoms with Gasteiger partial charge in [-0.05, 0) is 24.6 Å². The van der Waals surface area contributed by atoms with E-state index in [1.165, 1.54) is 5.56 Å². The Bertz CT molecular complexity index is 990. The molecule has 3 aromatic rings. The van der Waals surface area contributed by atoms with Crippen LogP contribution in [0.4, 0.5) is 0 Å². The summed E-state index contributed by atoms with van der Waals surface area (Å²) < 4.78 is 2.01. The van der Waals surface area contributed by atoms with Crippen LogP contribution >= 0.6 is 0 Å². The first-order chi connectivity index (χ1) is 12.6. The molecule has 2 N–H and O–H groups in total. The summed E-state index contributed by atoms with van der Waals surface area (Å²) in [5.74, 6) is -0.180. The van der Waals surface area contributed by atoms with Crippen LogP contribution in [-0.2, 0) is 17.9 Å². The first-order valence-electron chi connectivity index (χ1n) is 8.81. The number of rotatable bonds is 4. The minimum absolute atomic E-state index is 0.0586. The van der Waals surface area contributed by atoms with Crippen LogP contribution in [0.2, 0.25) is 0 Å². The first-order valence-corrected chi connectivity index (χ1v) is 8.81. The maximum Gasteiger partial charge on any atom is 0.268 e. The van der Waals surface area contributed by atoms with Gasteiger partial charge in [0.15, 0.2) is 0 Å². The second-order valence-corrected chi connectivity index (χ2v) is 6.84. The Morgan fingerprint density at radius 2 is 2.04 bits per heavy atom. The van der Waals surface area contributed by atoms with Crippen molar-refractivity contribution in [3.05, 3.63) is 71.4 Å². The van der Waals surface area contributed by atoms with E-state index in [0.717, 1.165) is 16.5 Å². The van der Waals surface area contributed by atoms with Crippen molar-refractivity contribution in [1.29, 1.82) is 0 Å². The number of nitrogens with zero attached hydrogens (tertiary/aromatic N) is 1. The van der Waals surface area contributed by atoms with Crippen molar-refractivity contribution in [2.24, 2.45) is 0 Å². The Morgan fingerprint density at radius 1 is 1.19 bits per heavy atom. The van der Waals surface area contributed by atoms with E-state index in [-0.39, 0.29) is 24.3 Å². The summed E-state index contributed by atoms with van der Waals surface area (Å²) in [6.45, 7) is 3.13. The maximum atomic E-state index is 12.4. The zero-order chi connectivity index (χ0) is 18.1. The van der Waals surface area contributed by atoms with Gasteiger partial charge in [-0.25, -0.2) is 0 Å². The fraction of sp³-hybridized carbons (Fsp3) is 0.238. The summed E-state index contributed by atoms with van der Waals surface area (Å²) >= 11 is 0. The van der Waals surface area contributed by atoms with Crippen LogP contribution in [0.5, 0.6) is 0 Å². The Kier molecular flexibility index (Phi) is 4.21. The molecule has 5 heteroatoms. The van der Waals surface area contributed by atoms with E-state index in [1.807, 2.05) is 60.0 Å². The van der Waals surface area contributed by atoms with Crippen molar-refractivity contribution < 1.29 is 9.59 Å². The van der Waals surface area contributed by atoms with E-state index in [1.54, 1.807) is 0 Å². The van der Waals surface area contributed by atoms with Crippen molar-refractivity contribution in [2.75, 3.05) is 0 Å². The molecule has 4 rings (SSSR count). The van der Waals surface area contributed by atoms with Crippen LogP contribution in [0, 0.1) is 6.92 Å². The third-order valence-electron chi connectivity index (χ3n) is 4.79. The molecule has 2 amide bonds. The van der Waals surface area contributed by atoms with Gasteiger partial charge >= 0.3 is 0 Å². The predicted molar refractivity (Wildman–Crippen MR) is 101 cm³/mol. The maximum absolute atomic E-state index is 12.4. The van der Waals surface area contributed by atoms with E-state index in [2.05, 4.69) is 16.7 Å². The quantitative estimate of drug-likeness (QED) is 0.762. The predicted octanol–water partition coefficient (Wildman–Crippen LogP) is 2.77. The Hall–Kier alpha value is -3.08. The molecule has 0 unspecified atom stereocenters. The van der Waals surface area contributed by atoms with Gasteiger partial charge < -0.3 is 15.2 Å². The molecule has 1 atom stereocenters. The highest BCUT2D eigenvalue weighted by Gasteiger charge is 2.27. The fourth-order valence-corrected chi connectivity index (χ4v) is 3.55. The third kappa shape index (κ3) is 3.20. The number of amides is 2. The van der Waals surface area contributed by atoms with Crippen LogP contribution < -0.4 is 10.6 Å². The summed E-state index contributed by atoms with van der Waals surface area (Å²) in [6, 6.07) is 17.7. The molecule has 0 aliphatic carbocycles. The largest absolute Gasteiger partial charge is 0.352 e. The molecule has 1 aliphatic heterocycles. The van der Waals surface area contributed by atoms with E-state index < -0.39 is 0 Å². The monoisotopic (exact) mass is 347 g/mol. The van der Waals surface area contributed by atoms with Gasteiger partial charge in [0.25, 0.3) is 5.91 Å². The van der Waals surface area contributed by atoms with Gasteiger partial charge in [0.05, 0.1) is 6.04 Å². The van der Waals surface area contributed by atoms with Crippen molar-refractivity contribution in [3.8, 4) is 0 Å². The number of carbonyl (C=O) groups is 2. The molecule has 2 aromatic carbocycles. The molecule has 1 aromatic heterocycles. The summed E-state index contributed by atoms with van der Waals surface area (Å²) in [5.41, 5.74) is 3.93. The first kappa shape index (κ1) is 16.4. The highest BCUT2D eigenvalue weighted by molar-refractivity contribution is 6.00. The molecular formula is C21H21N3O2. The van der Waals surface area contributed by atoms with Crippen LogP contribution in [0.25, 0.3) is 10.9 Å². The molecule has 132 valence electrons. The molecule has 1 aliphatic rings. The topological polar surface area (TPSA) is 63.1 Å². The van der Waals surface area contributed by atoms with Crippen molar-refractivity contribution >= 4 is 22.7 Å². The summed E-state index contributed by atoms with van der Waals surface area (Å²) in [6.07, 6.45) is 0.267. The number of hydrogen-bond acceptors (Lipinski definition) is 2. The lowest BCUT2D eigenvalue weighted by Gasteiger charge is -2.26. The van der Waals surface area contributed by atoms with E-state index in [0.29, 0.717) is 18.8 Å². The lowest BCUT2D eigenvalue weighted by Crippen LogP contribution is -2.46. The molecule has 0 radical (unpaired) electrons. The Labute approximate surface area is 152 Å². The zero-order valence-corrected chi connectivity index (χ0v) is 14.7. The van der Waals surface area contributed by atoms with Gasteiger partial charge in [-0.1, -0.05) is 48.0 Å². The van der Waals surface area contributed by atoms with E-state index >= 15 is 0 Å². The van der Waals surface area contributed by atoms with Gasteiger partial charge in [-0.15, -0.1) is 0 Å². The molecule has 5 nitrogen and oxygen atoms in total. The van der Waals surface area contributed by atoms with Gasteiger partial charge in [-0.2, -0.15) is 0 Å². The van der Waals surface area contributed by atoms with Crippen LogP contribution in [-0.4, -0.2) is 22.4 Å². The second-order valence-electron chi connectivity index (χ2n) is 6.84. The summed E-state index contributed by atoms with van der Waals surface area (Å²) in [4.78, 5) is 24.7. The van der Waals surface area contributed by atoms with Crippen molar-refractivity contribution in [3.63, 3.8) is 0 Å². The van der Waals surface area contributed by atoms with E-state index in [4.69, 9.17) is 0 Å². The van der Waals surface area contributed by atoms with Crippen molar-refractivity contribution in [2.45, 2.75) is 32.5 Å². The standard InChI is InChI=1S/C21H21N3O2/c1-14-5-4-6-15(9-14)12-22-20(25)11-17-13-24-18-8-3-2-7-16(18)10-19(24)21(26)23-17/h2-10,17H,11-13H2,1H3,(H,22,25)(H,23,26)/t17-/m0/s1. The van der Waals surface area contributed by atoms with Crippen LogP contribution in [0.3, 0.4) is 0 Å². The summed E-state index contributed by atoms with van der Waals surface area (Å²) in [5, 5.41) is 6.94. The number of nitrogens with one attached hydrogen (secondary N) is 2. The molecule has 2 heterocycles. The highest BCUT2D eigenvalue weighted by Crippen LogP contribution is 2.23. The average Bonchev–Trinajstić information content (AvgIpc) is 3.00. The Morgan fingerprint density at radius 3 is 2.88 bits per heavy atom. The van der Waals surface area contributed by atoms with Crippen molar-refractivity contribution in [1.82, 2.24) is 15.2 Å². The number of carbonyl (C=O) groups excluding carboxylic acids is 2. The lowest BCUT2D eigenvalue weighted by atomic mass is 10.1. The lowest BCUT2D eigenvalue weighted by molar-refractivity contribution is -0.121. The number of fused-ring (bicyclic) bond motifs is 3. The molecule has 0 saturated heterocycles. The van der Waals surface area contributed by atoms with E-state index in [9.17, 15) is 9.59 Å². The number of aromatic nitrogens is 1. The molecule has 0 saturated carbocycles. The molecule has 0 bridgehead atoms. The minimum Gasteiger partial charge on any atom is -0.352 e. The Balaban J connectivity index is 1.43. The van der Waals surface area contributed by atoms with Crippen LogP contribution in [0.15, 0.2) is 54.6 Å². The zero-order valence-electron chi connectivity index (χ0n) is 14.7. The smallest absolute Gasteiger partial charge is 0.268 e. The van der Waals surface area contributed by atoms with Gasteiger partial charge in [0.2, 0.25) is 5.91 Å². The average molecular weight is 347 g/mol.